The van der Waals surface area contributed by atoms with Gasteiger partial charge in [-0.3, -0.25) is 5.32 Å². The summed E-state index contributed by atoms with van der Waals surface area (Å²) < 4.78 is 23.1. The van der Waals surface area contributed by atoms with Gasteiger partial charge in [0.05, 0.1) is 0 Å². The van der Waals surface area contributed by atoms with Gasteiger partial charge >= 0.3 is 6.09 Å². The Labute approximate surface area is 198 Å². The highest BCUT2D eigenvalue weighted by atomic mass is 79.9. The van der Waals surface area contributed by atoms with E-state index in [1.165, 1.54) is 6.07 Å². The Balaban J connectivity index is 1.60. The van der Waals surface area contributed by atoms with Crippen molar-refractivity contribution in [1.29, 1.82) is 0 Å². The molecule has 0 fully saturated rings. The quantitative estimate of drug-likeness (QED) is 0.387. The summed E-state index contributed by atoms with van der Waals surface area (Å²) in [6.07, 6.45) is -2.41. The first-order valence-electron chi connectivity index (χ1n) is 10.2. The number of hydrogen-bond acceptors (Lipinski definition) is 7. The summed E-state index contributed by atoms with van der Waals surface area (Å²) in [5.41, 5.74) is 0.781. The summed E-state index contributed by atoms with van der Waals surface area (Å²) in [5.74, 6) is 1.57. The van der Waals surface area contributed by atoms with Gasteiger partial charge in [0, 0.05) is 34.8 Å². The average Bonchev–Trinajstić information content (AvgIpc) is 3.28. The highest BCUT2D eigenvalue weighted by Crippen LogP contribution is 2.36. The van der Waals surface area contributed by atoms with Gasteiger partial charge in [-0.1, -0.05) is 34.1 Å². The first kappa shape index (κ1) is 22.8. The number of phenols is 1. The number of phenolic OH excluding ortho intramolecular Hbond substituents is 1. The molecular weight excluding hydrogens is 494 g/mol. The van der Waals surface area contributed by atoms with Crippen molar-refractivity contribution < 1.29 is 34.0 Å². The number of aliphatic hydroxyl groups excluding tert-OH is 1. The van der Waals surface area contributed by atoms with Crippen molar-refractivity contribution in [3.8, 4) is 23.0 Å². The first-order chi connectivity index (χ1) is 16.0. The van der Waals surface area contributed by atoms with Crippen molar-refractivity contribution in [2.45, 2.75) is 18.6 Å². The molecule has 0 bridgehead atoms. The van der Waals surface area contributed by atoms with Gasteiger partial charge in [0.25, 0.3) is 0 Å². The molecule has 1 aliphatic heterocycles. The molecule has 3 N–H and O–H groups in total. The Morgan fingerprint density at radius 3 is 2.64 bits per heavy atom. The predicted octanol–water partition coefficient (Wildman–Crippen LogP) is 5.00. The van der Waals surface area contributed by atoms with Crippen LogP contribution in [0.5, 0.6) is 23.0 Å². The average molecular weight is 516 g/mol. The standard InChI is InChI=1S/C24H22BrNO7/c25-15-6-8-19(28)18(12-15)23(21(10-11-27)32-17-4-2-1-3-5-17)33-24(29)26-16-7-9-20-22(13-16)31-14-30-20/h1-9,12-13,21,23,27-28H,10-11,14H2,(H,26,29)/t21-,23-/m1/s1. The highest BCUT2D eigenvalue weighted by molar-refractivity contribution is 9.10. The molecule has 2 atom stereocenters. The molecule has 8 nitrogen and oxygen atoms in total. The number of halogens is 1. The van der Waals surface area contributed by atoms with Crippen LogP contribution < -0.4 is 19.5 Å². The lowest BCUT2D eigenvalue weighted by Crippen LogP contribution is -2.32. The molecule has 1 amide bonds. The topological polar surface area (TPSA) is 106 Å². The summed E-state index contributed by atoms with van der Waals surface area (Å²) >= 11 is 3.38. The fourth-order valence-electron chi connectivity index (χ4n) is 3.40. The number of hydrogen-bond donors (Lipinski definition) is 3. The van der Waals surface area contributed by atoms with Crippen molar-refractivity contribution in [3.63, 3.8) is 0 Å². The van der Waals surface area contributed by atoms with Crippen LogP contribution in [0, 0.1) is 0 Å². The van der Waals surface area contributed by atoms with Crippen molar-refractivity contribution >= 4 is 27.7 Å². The number of carbonyl (C=O) groups is 1. The molecule has 0 aromatic heterocycles. The second kappa shape index (κ2) is 10.5. The Morgan fingerprint density at radius 2 is 1.85 bits per heavy atom. The number of anilines is 1. The van der Waals surface area contributed by atoms with E-state index in [0.717, 1.165) is 0 Å². The van der Waals surface area contributed by atoms with Crippen LogP contribution >= 0.6 is 15.9 Å². The fourth-order valence-corrected chi connectivity index (χ4v) is 3.78. The van der Waals surface area contributed by atoms with Gasteiger partial charge in [-0.15, -0.1) is 0 Å². The Kier molecular flexibility index (Phi) is 7.21. The van der Waals surface area contributed by atoms with E-state index in [0.29, 0.717) is 33.0 Å². The van der Waals surface area contributed by atoms with Crippen LogP contribution in [0.4, 0.5) is 10.5 Å². The zero-order valence-electron chi connectivity index (χ0n) is 17.4. The number of nitrogens with one attached hydrogen (secondary N) is 1. The van der Waals surface area contributed by atoms with Crippen molar-refractivity contribution in [2.24, 2.45) is 0 Å². The number of benzene rings is 3. The molecule has 33 heavy (non-hydrogen) atoms. The normalized spacial score (nSPS) is 13.8. The molecule has 0 spiro atoms. The molecule has 3 aromatic carbocycles. The zero-order valence-corrected chi connectivity index (χ0v) is 19.0. The minimum Gasteiger partial charge on any atom is -0.508 e. The van der Waals surface area contributed by atoms with Crippen molar-refractivity contribution in [2.75, 3.05) is 18.7 Å². The second-order valence-corrected chi connectivity index (χ2v) is 8.12. The minimum atomic E-state index is -1.02. The predicted molar refractivity (Wildman–Crippen MR) is 124 cm³/mol. The molecule has 0 saturated carbocycles. The van der Waals surface area contributed by atoms with E-state index in [9.17, 15) is 15.0 Å². The Bertz CT molecular complexity index is 1110. The fraction of sp³-hybridized carbons (Fsp3) is 0.208. The number of amides is 1. The van der Waals surface area contributed by atoms with E-state index in [4.69, 9.17) is 18.9 Å². The Hall–Kier alpha value is -3.43. The third-order valence-corrected chi connectivity index (χ3v) is 5.42. The lowest BCUT2D eigenvalue weighted by atomic mass is 10.0. The van der Waals surface area contributed by atoms with Crippen LogP contribution in [-0.2, 0) is 4.74 Å². The summed E-state index contributed by atoms with van der Waals surface area (Å²) in [6.45, 7) is -0.0942. The van der Waals surface area contributed by atoms with Crippen LogP contribution in [0.25, 0.3) is 0 Å². The maximum absolute atomic E-state index is 12.8. The van der Waals surface area contributed by atoms with E-state index in [1.807, 2.05) is 18.2 Å². The van der Waals surface area contributed by atoms with Crippen molar-refractivity contribution in [3.05, 3.63) is 76.8 Å². The lowest BCUT2D eigenvalue weighted by molar-refractivity contribution is 0.00797. The lowest BCUT2D eigenvalue weighted by Gasteiger charge is -2.28. The number of carbonyl (C=O) groups excluding carboxylic acids is 1. The molecule has 1 heterocycles. The molecular formula is C24H22BrNO7. The number of aliphatic hydroxyl groups is 1. The van der Waals surface area contributed by atoms with E-state index >= 15 is 0 Å². The summed E-state index contributed by atoms with van der Waals surface area (Å²) in [4.78, 5) is 12.8. The van der Waals surface area contributed by atoms with E-state index in [2.05, 4.69) is 21.2 Å². The van der Waals surface area contributed by atoms with Crippen LogP contribution in [0.15, 0.2) is 71.2 Å². The van der Waals surface area contributed by atoms with Gasteiger partial charge in [0.15, 0.2) is 17.6 Å². The van der Waals surface area contributed by atoms with Crippen LogP contribution in [0.3, 0.4) is 0 Å². The summed E-state index contributed by atoms with van der Waals surface area (Å²) in [6, 6.07) is 18.8. The molecule has 172 valence electrons. The van der Waals surface area contributed by atoms with Gasteiger partial charge < -0.3 is 29.2 Å². The largest absolute Gasteiger partial charge is 0.508 e. The smallest absolute Gasteiger partial charge is 0.412 e. The molecule has 9 heteroatoms. The molecule has 0 unspecified atom stereocenters. The zero-order chi connectivity index (χ0) is 23.2. The van der Waals surface area contributed by atoms with Crippen LogP contribution in [-0.4, -0.2) is 35.8 Å². The summed E-state index contributed by atoms with van der Waals surface area (Å²) in [5, 5.41) is 22.8. The van der Waals surface area contributed by atoms with E-state index in [-0.39, 0.29) is 25.6 Å². The van der Waals surface area contributed by atoms with Gasteiger partial charge in [0.2, 0.25) is 6.79 Å². The highest BCUT2D eigenvalue weighted by Gasteiger charge is 2.31. The van der Waals surface area contributed by atoms with Gasteiger partial charge in [-0.05, 0) is 42.5 Å². The molecule has 3 aromatic rings. The minimum absolute atomic E-state index is 0.0707. The Morgan fingerprint density at radius 1 is 1.06 bits per heavy atom. The molecule has 1 aliphatic rings. The molecule has 4 rings (SSSR count). The second-order valence-electron chi connectivity index (χ2n) is 7.20. The molecule has 0 aliphatic carbocycles. The van der Waals surface area contributed by atoms with Gasteiger partial charge in [-0.25, -0.2) is 4.79 Å². The molecule has 0 saturated heterocycles. The monoisotopic (exact) mass is 515 g/mol. The SMILES string of the molecule is O=C(Nc1ccc2c(c1)OCO2)O[C@H](c1cc(Br)ccc1O)[C@@H](CCO)Oc1ccccc1. The number of rotatable bonds is 8. The van der Waals surface area contributed by atoms with Crippen LogP contribution in [0.1, 0.15) is 18.1 Å². The number of fused-ring (bicyclic) bond motifs is 1. The molecule has 0 radical (unpaired) electrons. The third kappa shape index (κ3) is 5.68. The first-order valence-corrected chi connectivity index (χ1v) is 11.0. The maximum atomic E-state index is 12.8. The van der Waals surface area contributed by atoms with Crippen LogP contribution in [0.2, 0.25) is 0 Å². The van der Waals surface area contributed by atoms with E-state index in [1.54, 1.807) is 42.5 Å². The maximum Gasteiger partial charge on any atom is 0.412 e. The third-order valence-electron chi connectivity index (χ3n) is 4.93. The number of para-hydroxylation sites is 1. The van der Waals surface area contributed by atoms with Gasteiger partial charge in [0.1, 0.15) is 17.6 Å². The van der Waals surface area contributed by atoms with E-state index < -0.39 is 18.3 Å². The summed E-state index contributed by atoms with van der Waals surface area (Å²) in [7, 11) is 0. The van der Waals surface area contributed by atoms with Gasteiger partial charge in [-0.2, -0.15) is 0 Å². The van der Waals surface area contributed by atoms with Crippen molar-refractivity contribution in [1.82, 2.24) is 0 Å². The number of ether oxygens (including phenoxy) is 4. The number of aromatic hydroxyl groups is 1.